The van der Waals surface area contributed by atoms with Gasteiger partial charge < -0.3 is 19.1 Å². The molecule has 0 saturated heterocycles. The van der Waals surface area contributed by atoms with Crippen molar-refractivity contribution in [2.45, 2.75) is 112 Å². The zero-order valence-corrected chi connectivity index (χ0v) is 49.1. The standard InChI is InChI=1S/C71H69N4O.Pt/c1-46-35-66(72-44-60(46)49-27-31-52(32-28-49)68(2,3)4)75-62-33-29-50(47-21-16-14-17-22-47)36-59(62)67-61(71(11,12)13)42-58(43-65(67)75)76-57-26-20-25-55(41-57)73-45-74(56-39-53(69(5,6)7)38-54(40-56)70(8,9)10)63-34-30-51(37-64(63)73)48-23-18-15-19-24-48;/h14-40,42,44-45H,1-13H3;/q-3;. The van der Waals surface area contributed by atoms with Gasteiger partial charge in [-0.3, -0.25) is 0 Å². The van der Waals surface area contributed by atoms with E-state index in [2.05, 4.69) is 287 Å². The topological polar surface area (TPSA) is 33.5 Å². The molecule has 77 heavy (non-hydrogen) atoms. The number of nitrogens with zero attached hydrogens (tertiary/aromatic N) is 4. The largest absolute Gasteiger partial charge is 0.509 e. The molecule has 0 bridgehead atoms. The first kappa shape index (κ1) is 53.2. The summed E-state index contributed by atoms with van der Waals surface area (Å²) < 4.78 is 9.31. The monoisotopic (exact) mass is 1190 g/mol. The quantitative estimate of drug-likeness (QED) is 0.142. The second-order valence-electron chi connectivity index (χ2n) is 24.8. The van der Waals surface area contributed by atoms with Crippen LogP contribution in [0.1, 0.15) is 111 Å². The molecular weight excluding hydrogens is 1120 g/mol. The van der Waals surface area contributed by atoms with Crippen molar-refractivity contribution in [3.63, 3.8) is 0 Å². The minimum absolute atomic E-state index is 0. The third-order valence-electron chi connectivity index (χ3n) is 15.0. The van der Waals surface area contributed by atoms with Crippen molar-refractivity contribution in [1.29, 1.82) is 0 Å². The van der Waals surface area contributed by atoms with E-state index in [4.69, 9.17) is 9.72 Å². The summed E-state index contributed by atoms with van der Waals surface area (Å²) in [6.07, 6.45) is 2.03. The molecule has 0 atom stereocenters. The summed E-state index contributed by atoms with van der Waals surface area (Å²) in [7, 11) is 0. The number of fused-ring (bicyclic) bond motifs is 4. The van der Waals surface area contributed by atoms with Gasteiger partial charge in [-0.1, -0.05) is 203 Å². The van der Waals surface area contributed by atoms with Crippen LogP contribution in [0.3, 0.4) is 0 Å². The second kappa shape index (κ2) is 20.0. The van der Waals surface area contributed by atoms with Crippen LogP contribution in [0.25, 0.3) is 61.0 Å². The van der Waals surface area contributed by atoms with Gasteiger partial charge in [-0.05, 0) is 120 Å². The Morgan fingerprint density at radius 2 is 1.08 bits per heavy atom. The first-order valence-electron chi connectivity index (χ1n) is 26.8. The molecule has 0 saturated carbocycles. The van der Waals surface area contributed by atoms with Gasteiger partial charge in [0.25, 0.3) is 0 Å². The predicted molar refractivity (Wildman–Crippen MR) is 320 cm³/mol. The van der Waals surface area contributed by atoms with Gasteiger partial charge in [-0.15, -0.1) is 48.3 Å². The molecule has 0 radical (unpaired) electrons. The molecule has 0 aliphatic carbocycles. The molecule has 10 aromatic rings. The SMILES string of the molecule is Cc1cc(-n2c3[c-]c(Oc4[c-]c(N5[CH-]N(c6cc(C(C)(C)C)cc(C(C)(C)C)c6)c6ccc(-c7ccccc7)cc65)ccc4)cc(C(C)(C)C)c3c3cc(-c4ccccc4)ccc32)ncc1-c1ccc(C(C)(C)C)cc1.[Pt]. The average molecular weight is 1190 g/mol. The maximum absolute atomic E-state index is 7.04. The average Bonchev–Trinajstić information content (AvgIpc) is 4.18. The molecule has 3 heterocycles. The van der Waals surface area contributed by atoms with E-state index in [1.54, 1.807) is 0 Å². The van der Waals surface area contributed by atoms with E-state index in [1.165, 1.54) is 22.3 Å². The first-order valence-corrected chi connectivity index (χ1v) is 26.8. The molecule has 5 nitrogen and oxygen atoms in total. The van der Waals surface area contributed by atoms with Crippen molar-refractivity contribution in [3.05, 3.63) is 223 Å². The zero-order valence-electron chi connectivity index (χ0n) is 46.8. The Labute approximate surface area is 471 Å². The van der Waals surface area contributed by atoms with Gasteiger partial charge in [-0.25, -0.2) is 4.98 Å². The van der Waals surface area contributed by atoms with Gasteiger partial charge in [0, 0.05) is 66.9 Å². The minimum Gasteiger partial charge on any atom is -0.509 e. The Hall–Kier alpha value is -7.20. The van der Waals surface area contributed by atoms with Crippen molar-refractivity contribution < 1.29 is 25.8 Å². The molecule has 0 spiro atoms. The third-order valence-corrected chi connectivity index (χ3v) is 15.0. The second-order valence-corrected chi connectivity index (χ2v) is 24.8. The third kappa shape index (κ3) is 10.4. The van der Waals surface area contributed by atoms with Gasteiger partial charge in [0.2, 0.25) is 0 Å². The van der Waals surface area contributed by atoms with Crippen LogP contribution in [0.15, 0.2) is 176 Å². The molecule has 6 heteroatoms. The van der Waals surface area contributed by atoms with E-state index >= 15 is 0 Å². The van der Waals surface area contributed by atoms with E-state index in [-0.39, 0.29) is 42.7 Å². The summed E-state index contributed by atoms with van der Waals surface area (Å²) in [5.41, 5.74) is 18.9. The van der Waals surface area contributed by atoms with E-state index in [0.717, 1.165) is 89.3 Å². The Bertz CT molecular complexity index is 3780. The summed E-state index contributed by atoms with van der Waals surface area (Å²) in [4.78, 5) is 9.84. The number of benzene rings is 8. The molecule has 8 aromatic carbocycles. The van der Waals surface area contributed by atoms with Gasteiger partial charge in [-0.2, -0.15) is 6.07 Å². The van der Waals surface area contributed by atoms with Crippen LogP contribution in [0.2, 0.25) is 0 Å². The number of ether oxygens (including phenoxy) is 1. The van der Waals surface area contributed by atoms with Gasteiger partial charge in [0.15, 0.2) is 0 Å². The molecule has 0 N–H and O–H groups in total. The fourth-order valence-corrected chi connectivity index (χ4v) is 10.6. The zero-order chi connectivity index (χ0) is 53.5. The minimum atomic E-state index is -0.267. The van der Waals surface area contributed by atoms with Gasteiger partial charge in [0.05, 0.1) is 0 Å². The van der Waals surface area contributed by atoms with Crippen LogP contribution >= 0.6 is 0 Å². The summed E-state index contributed by atoms with van der Waals surface area (Å²) in [6.45, 7) is 31.8. The molecule has 1 aliphatic heterocycles. The summed E-state index contributed by atoms with van der Waals surface area (Å²) in [6, 6.07) is 69.0. The molecular formula is C71H69N4OPt-3. The molecule has 0 amide bonds. The van der Waals surface area contributed by atoms with Gasteiger partial charge >= 0.3 is 0 Å². The van der Waals surface area contributed by atoms with Crippen LogP contribution in [0.4, 0.5) is 22.7 Å². The fraction of sp³-hybridized carbons (Fsp3) is 0.239. The molecule has 392 valence electrons. The number of hydrogen-bond donors (Lipinski definition) is 0. The van der Waals surface area contributed by atoms with Crippen LogP contribution in [0.5, 0.6) is 11.5 Å². The van der Waals surface area contributed by atoms with Crippen molar-refractivity contribution in [2.75, 3.05) is 9.80 Å². The van der Waals surface area contributed by atoms with E-state index in [0.29, 0.717) is 11.5 Å². The summed E-state index contributed by atoms with van der Waals surface area (Å²) in [5.74, 6) is 2.03. The molecule has 1 aliphatic rings. The number of aryl methyl sites for hydroxylation is 1. The van der Waals surface area contributed by atoms with E-state index in [1.807, 2.05) is 12.3 Å². The summed E-state index contributed by atoms with van der Waals surface area (Å²) in [5, 5.41) is 2.28. The number of aromatic nitrogens is 2. The predicted octanol–water partition coefficient (Wildman–Crippen LogP) is 19.5. The number of rotatable bonds is 8. The van der Waals surface area contributed by atoms with Crippen molar-refractivity contribution in [1.82, 2.24) is 9.55 Å². The molecule has 11 rings (SSSR count). The van der Waals surface area contributed by atoms with Crippen molar-refractivity contribution in [2.24, 2.45) is 0 Å². The maximum Gasteiger partial charge on any atom is 0.135 e. The van der Waals surface area contributed by atoms with Crippen molar-refractivity contribution in [3.8, 4) is 50.7 Å². The Morgan fingerprint density at radius 3 is 1.68 bits per heavy atom. The molecule has 2 aromatic heterocycles. The Morgan fingerprint density at radius 1 is 0.481 bits per heavy atom. The van der Waals surface area contributed by atoms with Crippen LogP contribution in [-0.4, -0.2) is 9.55 Å². The van der Waals surface area contributed by atoms with E-state index < -0.39 is 0 Å². The first-order chi connectivity index (χ1) is 36.1. The van der Waals surface area contributed by atoms with Crippen LogP contribution in [-0.2, 0) is 42.7 Å². The summed E-state index contributed by atoms with van der Waals surface area (Å²) >= 11 is 0. The van der Waals surface area contributed by atoms with Crippen LogP contribution in [0, 0.1) is 25.7 Å². The Balaban J connectivity index is 0.00000672. The van der Waals surface area contributed by atoms with Gasteiger partial charge in [0.1, 0.15) is 5.82 Å². The number of hydrogen-bond acceptors (Lipinski definition) is 4. The number of anilines is 4. The Kier molecular flexibility index (Phi) is 13.8. The van der Waals surface area contributed by atoms with Crippen LogP contribution < -0.4 is 14.5 Å². The normalized spacial score (nSPS) is 13.1. The fourth-order valence-electron chi connectivity index (χ4n) is 10.6. The number of pyridine rings is 1. The molecule has 0 unspecified atom stereocenters. The molecule has 0 fully saturated rings. The smallest absolute Gasteiger partial charge is 0.135 e. The van der Waals surface area contributed by atoms with Crippen molar-refractivity contribution >= 4 is 44.6 Å². The van der Waals surface area contributed by atoms with E-state index in [9.17, 15) is 0 Å². The maximum atomic E-state index is 7.04.